The Morgan fingerprint density at radius 3 is 2.94 bits per heavy atom. The van der Waals surface area contributed by atoms with E-state index in [-0.39, 0.29) is 17.9 Å². The molecule has 5 nitrogen and oxygen atoms in total. The van der Waals surface area contributed by atoms with Crippen LogP contribution >= 0.6 is 0 Å². The van der Waals surface area contributed by atoms with E-state index < -0.39 is 0 Å². The van der Waals surface area contributed by atoms with Crippen molar-refractivity contribution in [1.29, 1.82) is 0 Å². The lowest BCUT2D eigenvalue weighted by Gasteiger charge is -2.30. The Hall–Kier alpha value is -1.10. The van der Waals surface area contributed by atoms with Crippen LogP contribution in [0.15, 0.2) is 0 Å². The Balaban J connectivity index is 2.18. The van der Waals surface area contributed by atoms with Crippen molar-refractivity contribution in [2.24, 2.45) is 0 Å². The molecule has 92 valence electrons. The van der Waals surface area contributed by atoms with Crippen molar-refractivity contribution in [3.05, 3.63) is 0 Å². The number of piperidine rings is 1. The lowest BCUT2D eigenvalue weighted by molar-refractivity contribution is -0.132. The highest BCUT2D eigenvalue weighted by molar-refractivity contribution is 5.78. The minimum Gasteiger partial charge on any atom is -0.355 e. The molecule has 0 radical (unpaired) electrons. The van der Waals surface area contributed by atoms with Crippen molar-refractivity contribution in [3.63, 3.8) is 0 Å². The molecule has 0 spiro atoms. The zero-order valence-corrected chi connectivity index (χ0v) is 10.1. The second kappa shape index (κ2) is 6.48. The topological polar surface area (TPSA) is 61.4 Å². The van der Waals surface area contributed by atoms with Crippen LogP contribution in [0.5, 0.6) is 0 Å². The number of amides is 2. The molecule has 0 aromatic carbocycles. The number of hydrogen-bond acceptors (Lipinski definition) is 3. The van der Waals surface area contributed by atoms with Crippen molar-refractivity contribution in [2.45, 2.75) is 32.2 Å². The fourth-order valence-corrected chi connectivity index (χ4v) is 1.74. The Labute approximate surface area is 96.6 Å². The minimum atomic E-state index is 0.0291. The van der Waals surface area contributed by atoms with Crippen molar-refractivity contribution >= 4 is 11.8 Å². The molecular formula is C11H21N3O2. The quantitative estimate of drug-likeness (QED) is 0.679. The molecule has 1 aliphatic rings. The molecule has 5 heteroatoms. The van der Waals surface area contributed by atoms with E-state index in [0.29, 0.717) is 19.5 Å². The van der Waals surface area contributed by atoms with Crippen LogP contribution in [0.25, 0.3) is 0 Å². The van der Waals surface area contributed by atoms with Gasteiger partial charge in [-0.1, -0.05) is 6.92 Å². The maximum atomic E-state index is 11.3. The third kappa shape index (κ3) is 4.18. The van der Waals surface area contributed by atoms with Gasteiger partial charge in [0.25, 0.3) is 0 Å². The molecule has 1 atom stereocenters. The number of nitrogens with zero attached hydrogens (tertiary/aromatic N) is 1. The summed E-state index contributed by atoms with van der Waals surface area (Å²) in [6.07, 6.45) is 2.35. The van der Waals surface area contributed by atoms with Gasteiger partial charge in [0, 0.05) is 32.6 Å². The number of carbonyl (C=O) groups is 2. The summed E-state index contributed by atoms with van der Waals surface area (Å²) in [5, 5.41) is 5.99. The maximum absolute atomic E-state index is 11.3. The van der Waals surface area contributed by atoms with E-state index in [2.05, 4.69) is 10.6 Å². The van der Waals surface area contributed by atoms with Gasteiger partial charge in [0.1, 0.15) is 0 Å². The molecule has 0 aromatic rings. The number of carbonyl (C=O) groups excluding carboxylic acids is 2. The SMILES string of the molecule is CCCNC(=O)CNC1CCC(=O)N(C)C1. The molecule has 1 saturated heterocycles. The normalized spacial score (nSPS) is 21.0. The van der Waals surface area contributed by atoms with Crippen LogP contribution in [-0.2, 0) is 9.59 Å². The highest BCUT2D eigenvalue weighted by Gasteiger charge is 2.22. The van der Waals surface area contributed by atoms with Crippen LogP contribution in [0, 0.1) is 0 Å². The summed E-state index contributed by atoms with van der Waals surface area (Å²) in [5.74, 6) is 0.217. The van der Waals surface area contributed by atoms with Crippen molar-refractivity contribution < 1.29 is 9.59 Å². The fourth-order valence-electron chi connectivity index (χ4n) is 1.74. The van der Waals surface area contributed by atoms with Crippen molar-refractivity contribution in [2.75, 3.05) is 26.7 Å². The van der Waals surface area contributed by atoms with Crippen LogP contribution in [0.1, 0.15) is 26.2 Å². The predicted octanol–water partition coefficient (Wildman–Crippen LogP) is -0.277. The van der Waals surface area contributed by atoms with Gasteiger partial charge in [-0.2, -0.15) is 0 Å². The third-order valence-electron chi connectivity index (χ3n) is 2.75. The molecule has 0 saturated carbocycles. The molecule has 0 aliphatic carbocycles. The predicted molar refractivity (Wildman–Crippen MR) is 62.0 cm³/mol. The van der Waals surface area contributed by atoms with E-state index in [1.165, 1.54) is 0 Å². The number of rotatable bonds is 5. The standard InChI is InChI=1S/C11H21N3O2/c1-3-6-12-10(15)7-13-9-4-5-11(16)14(2)8-9/h9,13H,3-8H2,1-2H3,(H,12,15). The number of hydrogen-bond donors (Lipinski definition) is 2. The third-order valence-corrected chi connectivity index (χ3v) is 2.75. The molecule has 0 bridgehead atoms. The van der Waals surface area contributed by atoms with E-state index in [1.807, 2.05) is 6.92 Å². The first kappa shape index (κ1) is 13.0. The van der Waals surface area contributed by atoms with E-state index in [1.54, 1.807) is 11.9 Å². The van der Waals surface area contributed by atoms with Gasteiger partial charge >= 0.3 is 0 Å². The largest absolute Gasteiger partial charge is 0.355 e. The maximum Gasteiger partial charge on any atom is 0.233 e. The molecule has 1 unspecified atom stereocenters. The van der Waals surface area contributed by atoms with Gasteiger partial charge in [0.2, 0.25) is 11.8 Å². The van der Waals surface area contributed by atoms with E-state index in [9.17, 15) is 9.59 Å². The first-order chi connectivity index (χ1) is 7.63. The molecule has 2 amide bonds. The van der Waals surface area contributed by atoms with Gasteiger partial charge in [-0.3, -0.25) is 9.59 Å². The Morgan fingerprint density at radius 2 is 2.31 bits per heavy atom. The van der Waals surface area contributed by atoms with Crippen molar-refractivity contribution in [1.82, 2.24) is 15.5 Å². The molecule has 1 aliphatic heterocycles. The van der Waals surface area contributed by atoms with E-state index in [0.717, 1.165) is 19.4 Å². The highest BCUT2D eigenvalue weighted by atomic mass is 16.2. The van der Waals surface area contributed by atoms with Crippen LogP contribution in [0.3, 0.4) is 0 Å². The van der Waals surface area contributed by atoms with E-state index >= 15 is 0 Å². The molecule has 1 fully saturated rings. The van der Waals surface area contributed by atoms with E-state index in [4.69, 9.17) is 0 Å². The van der Waals surface area contributed by atoms with Crippen LogP contribution < -0.4 is 10.6 Å². The van der Waals surface area contributed by atoms with Gasteiger partial charge in [-0.05, 0) is 12.8 Å². The molecule has 1 rings (SSSR count). The summed E-state index contributed by atoms with van der Waals surface area (Å²) in [7, 11) is 1.80. The lowest BCUT2D eigenvalue weighted by atomic mass is 10.1. The summed E-state index contributed by atoms with van der Waals surface area (Å²) in [6, 6.07) is 0.245. The zero-order valence-electron chi connectivity index (χ0n) is 10.1. The molecular weight excluding hydrogens is 206 g/mol. The molecule has 2 N–H and O–H groups in total. The molecule has 1 heterocycles. The van der Waals surface area contributed by atoms with Crippen LogP contribution in [0.4, 0.5) is 0 Å². The van der Waals surface area contributed by atoms with Crippen LogP contribution in [0.2, 0.25) is 0 Å². The average Bonchev–Trinajstić information content (AvgIpc) is 2.28. The summed E-state index contributed by atoms with van der Waals surface area (Å²) in [4.78, 5) is 24.3. The highest BCUT2D eigenvalue weighted by Crippen LogP contribution is 2.08. The minimum absolute atomic E-state index is 0.0291. The van der Waals surface area contributed by atoms with Gasteiger partial charge in [-0.25, -0.2) is 0 Å². The van der Waals surface area contributed by atoms with Crippen molar-refractivity contribution in [3.8, 4) is 0 Å². The number of likely N-dealkylation sites (N-methyl/N-ethyl adjacent to an activating group) is 1. The summed E-state index contributed by atoms with van der Waals surface area (Å²) < 4.78 is 0. The first-order valence-corrected chi connectivity index (χ1v) is 5.87. The first-order valence-electron chi connectivity index (χ1n) is 5.87. The fraction of sp³-hybridized carbons (Fsp3) is 0.818. The number of nitrogens with one attached hydrogen (secondary N) is 2. The van der Waals surface area contributed by atoms with Crippen LogP contribution in [-0.4, -0.2) is 49.4 Å². The smallest absolute Gasteiger partial charge is 0.233 e. The van der Waals surface area contributed by atoms with Gasteiger partial charge in [-0.15, -0.1) is 0 Å². The molecule has 0 aromatic heterocycles. The molecule has 16 heavy (non-hydrogen) atoms. The second-order valence-electron chi connectivity index (χ2n) is 4.24. The van der Waals surface area contributed by atoms with Gasteiger partial charge in [0.15, 0.2) is 0 Å². The summed E-state index contributed by atoms with van der Waals surface area (Å²) >= 11 is 0. The number of likely N-dealkylation sites (tertiary alicyclic amines) is 1. The Morgan fingerprint density at radius 1 is 1.56 bits per heavy atom. The lowest BCUT2D eigenvalue weighted by Crippen LogP contribution is -2.49. The van der Waals surface area contributed by atoms with Gasteiger partial charge in [0.05, 0.1) is 6.54 Å². The van der Waals surface area contributed by atoms with Gasteiger partial charge < -0.3 is 15.5 Å². The average molecular weight is 227 g/mol. The second-order valence-corrected chi connectivity index (χ2v) is 4.24. The zero-order chi connectivity index (χ0) is 12.0. The monoisotopic (exact) mass is 227 g/mol. The summed E-state index contributed by atoms with van der Waals surface area (Å²) in [6.45, 7) is 3.78. The summed E-state index contributed by atoms with van der Waals surface area (Å²) in [5.41, 5.74) is 0. The Bertz CT molecular complexity index is 256. The Kier molecular flexibility index (Phi) is 5.25.